The molecule has 4 rings (SSSR count). The van der Waals surface area contributed by atoms with Gasteiger partial charge < -0.3 is 20.7 Å². The van der Waals surface area contributed by atoms with Crippen molar-refractivity contribution in [2.45, 2.75) is 20.0 Å². The highest BCUT2D eigenvalue weighted by Crippen LogP contribution is 2.35. The molecule has 3 N–H and O–H groups in total. The highest BCUT2D eigenvalue weighted by atomic mass is 32.1. The number of morpholine rings is 1. The molecule has 0 aromatic carbocycles. The summed E-state index contributed by atoms with van der Waals surface area (Å²) in [6, 6.07) is 3.64. The molecule has 0 bridgehead atoms. The van der Waals surface area contributed by atoms with Crippen molar-refractivity contribution in [2.24, 2.45) is 0 Å². The Hall–Kier alpha value is -3.10. The molecular formula is C17H19FN8OS. The van der Waals surface area contributed by atoms with E-state index in [9.17, 15) is 4.39 Å². The molecule has 0 spiro atoms. The Morgan fingerprint density at radius 2 is 2.21 bits per heavy atom. The van der Waals surface area contributed by atoms with Crippen LogP contribution in [0.15, 0.2) is 18.6 Å². The van der Waals surface area contributed by atoms with Crippen LogP contribution in [-0.2, 0) is 4.74 Å². The average molecular weight is 402 g/mol. The summed E-state index contributed by atoms with van der Waals surface area (Å²) in [5.74, 6) is 0.666. The van der Waals surface area contributed by atoms with Crippen molar-refractivity contribution < 1.29 is 9.13 Å². The summed E-state index contributed by atoms with van der Waals surface area (Å²) in [7, 11) is 0. The molecule has 1 atom stereocenters. The third-order valence-electron chi connectivity index (χ3n) is 3.78. The molecule has 0 amide bonds. The maximum absolute atomic E-state index is 14.2. The van der Waals surface area contributed by atoms with Crippen LogP contribution in [0.5, 0.6) is 0 Å². The van der Waals surface area contributed by atoms with Crippen LogP contribution in [0.3, 0.4) is 0 Å². The van der Waals surface area contributed by atoms with Crippen LogP contribution in [0.4, 0.5) is 27.0 Å². The van der Waals surface area contributed by atoms with Gasteiger partial charge in [-0.1, -0.05) is 25.2 Å². The van der Waals surface area contributed by atoms with Crippen molar-refractivity contribution in [3.8, 4) is 6.07 Å². The minimum atomic E-state index is -0.527. The largest absolute Gasteiger partial charge is 0.384 e. The van der Waals surface area contributed by atoms with Crippen LogP contribution in [0.2, 0.25) is 0 Å². The third-order valence-corrected chi connectivity index (χ3v) is 4.90. The zero-order valence-electron chi connectivity index (χ0n) is 15.4. The molecule has 0 radical (unpaired) electrons. The van der Waals surface area contributed by atoms with Crippen LogP contribution in [0.25, 0.3) is 10.2 Å². The summed E-state index contributed by atoms with van der Waals surface area (Å²) in [5, 5.41) is 12.7. The van der Waals surface area contributed by atoms with E-state index in [4.69, 9.17) is 15.7 Å². The maximum Gasteiger partial charge on any atom is 0.186 e. The van der Waals surface area contributed by atoms with E-state index >= 15 is 0 Å². The van der Waals surface area contributed by atoms with Gasteiger partial charge in [-0.25, -0.2) is 24.3 Å². The Morgan fingerprint density at radius 3 is 2.96 bits per heavy atom. The number of pyridine rings is 1. The lowest BCUT2D eigenvalue weighted by Gasteiger charge is -2.29. The van der Waals surface area contributed by atoms with E-state index in [-0.39, 0.29) is 5.52 Å². The number of thiazole rings is 1. The molecule has 4 heterocycles. The second kappa shape index (κ2) is 8.73. The molecule has 1 aliphatic rings. The first-order valence-electron chi connectivity index (χ1n) is 8.70. The molecule has 146 valence electrons. The fourth-order valence-electron chi connectivity index (χ4n) is 2.56. The van der Waals surface area contributed by atoms with E-state index in [1.807, 2.05) is 18.7 Å². The van der Waals surface area contributed by atoms with E-state index in [2.05, 4.69) is 31.3 Å². The van der Waals surface area contributed by atoms with Gasteiger partial charge in [-0.05, 0) is 0 Å². The Kier molecular flexibility index (Phi) is 6.13. The summed E-state index contributed by atoms with van der Waals surface area (Å²) in [6.45, 7) is 5.38. The van der Waals surface area contributed by atoms with Crippen molar-refractivity contribution in [1.29, 1.82) is 5.26 Å². The SMILES string of the molecule is CC.N#CC1CN(c2nc3c(F)cnc(Nc4cc(N)ncn4)c3s2)CCO1. The summed E-state index contributed by atoms with van der Waals surface area (Å²) in [6.07, 6.45) is 1.91. The van der Waals surface area contributed by atoms with Gasteiger partial charge in [0, 0.05) is 12.6 Å². The molecule has 0 aliphatic carbocycles. The topological polar surface area (TPSA) is 126 Å². The van der Waals surface area contributed by atoms with Gasteiger partial charge >= 0.3 is 0 Å². The Balaban J connectivity index is 0.00000109. The lowest BCUT2D eigenvalue weighted by Crippen LogP contribution is -2.41. The predicted octanol–water partition coefficient (Wildman–Crippen LogP) is 2.70. The smallest absolute Gasteiger partial charge is 0.186 e. The standard InChI is InChI=1S/C15H13FN8OS.C2H6/c16-9-5-19-14(22-11-3-10(18)20-7-21-11)13-12(9)23-15(26-13)24-1-2-25-8(4-17)6-24;1-2/h3,5,7-8H,1-2,6H2,(H3,18,19,20,21,22);1-2H3. The Morgan fingerprint density at radius 1 is 1.39 bits per heavy atom. The normalized spacial score (nSPS) is 16.2. The summed E-state index contributed by atoms with van der Waals surface area (Å²) < 4.78 is 20.1. The number of hydrogen-bond acceptors (Lipinski definition) is 10. The summed E-state index contributed by atoms with van der Waals surface area (Å²) in [5.41, 5.74) is 5.86. The molecule has 1 saturated heterocycles. The van der Waals surface area contributed by atoms with Gasteiger partial charge in [-0.3, -0.25) is 0 Å². The number of rotatable bonds is 3. The van der Waals surface area contributed by atoms with E-state index < -0.39 is 11.9 Å². The molecule has 0 saturated carbocycles. The first-order valence-corrected chi connectivity index (χ1v) is 9.51. The Bertz CT molecular complexity index is 1000. The molecule has 1 unspecified atom stereocenters. The average Bonchev–Trinajstić information content (AvgIpc) is 3.18. The fourth-order valence-corrected chi connectivity index (χ4v) is 3.61. The quantitative estimate of drug-likeness (QED) is 0.680. The number of nitriles is 1. The minimum Gasteiger partial charge on any atom is -0.384 e. The van der Waals surface area contributed by atoms with Gasteiger partial charge in [0.2, 0.25) is 0 Å². The van der Waals surface area contributed by atoms with Gasteiger partial charge in [0.15, 0.2) is 22.9 Å². The number of fused-ring (bicyclic) bond motifs is 1. The molecule has 11 heteroatoms. The van der Waals surface area contributed by atoms with Crippen LogP contribution < -0.4 is 16.0 Å². The zero-order chi connectivity index (χ0) is 20.1. The molecule has 1 fully saturated rings. The first-order chi connectivity index (χ1) is 13.6. The van der Waals surface area contributed by atoms with E-state index in [0.717, 1.165) is 6.20 Å². The Labute approximate surface area is 165 Å². The van der Waals surface area contributed by atoms with Gasteiger partial charge in [0.1, 0.15) is 28.2 Å². The van der Waals surface area contributed by atoms with E-state index in [0.29, 0.717) is 47.0 Å². The molecule has 3 aromatic heterocycles. The molecule has 3 aromatic rings. The van der Waals surface area contributed by atoms with Crippen LogP contribution >= 0.6 is 11.3 Å². The second-order valence-corrected chi connectivity index (χ2v) is 6.49. The lowest BCUT2D eigenvalue weighted by molar-refractivity contribution is 0.0764. The monoisotopic (exact) mass is 402 g/mol. The maximum atomic E-state index is 14.2. The van der Waals surface area contributed by atoms with E-state index in [1.54, 1.807) is 6.07 Å². The number of nitrogen functional groups attached to an aromatic ring is 1. The van der Waals surface area contributed by atoms with Crippen LogP contribution in [-0.4, -0.2) is 45.7 Å². The molecule has 28 heavy (non-hydrogen) atoms. The zero-order valence-corrected chi connectivity index (χ0v) is 16.2. The number of aromatic nitrogens is 4. The van der Waals surface area contributed by atoms with Crippen molar-refractivity contribution in [2.75, 3.05) is 35.6 Å². The van der Waals surface area contributed by atoms with Gasteiger partial charge in [0.05, 0.1) is 25.4 Å². The van der Waals surface area contributed by atoms with Crippen LogP contribution in [0.1, 0.15) is 13.8 Å². The predicted molar refractivity (Wildman–Crippen MR) is 106 cm³/mol. The van der Waals surface area contributed by atoms with E-state index in [1.165, 1.54) is 17.7 Å². The van der Waals surface area contributed by atoms with Crippen molar-refractivity contribution >= 4 is 44.1 Å². The number of ether oxygens (including phenoxy) is 1. The van der Waals surface area contributed by atoms with Gasteiger partial charge in [-0.2, -0.15) is 5.26 Å². The van der Waals surface area contributed by atoms with Gasteiger partial charge in [0.25, 0.3) is 0 Å². The van der Waals surface area contributed by atoms with Crippen LogP contribution in [0, 0.1) is 17.1 Å². The molecule has 1 aliphatic heterocycles. The highest BCUT2D eigenvalue weighted by molar-refractivity contribution is 7.22. The van der Waals surface area contributed by atoms with Gasteiger partial charge in [-0.15, -0.1) is 0 Å². The number of hydrogen-bond donors (Lipinski definition) is 2. The fraction of sp³-hybridized carbons (Fsp3) is 0.353. The van der Waals surface area contributed by atoms with Crippen molar-refractivity contribution in [1.82, 2.24) is 19.9 Å². The lowest BCUT2D eigenvalue weighted by atomic mass is 10.3. The second-order valence-electron chi connectivity index (χ2n) is 5.52. The summed E-state index contributed by atoms with van der Waals surface area (Å²) in [4.78, 5) is 18.3. The minimum absolute atomic E-state index is 0.213. The number of halogens is 1. The highest BCUT2D eigenvalue weighted by Gasteiger charge is 2.24. The first kappa shape index (κ1) is 19.7. The van der Waals surface area contributed by atoms with Crippen molar-refractivity contribution in [3.63, 3.8) is 0 Å². The molecular weight excluding hydrogens is 383 g/mol. The molecule has 9 nitrogen and oxygen atoms in total. The number of nitrogens with zero attached hydrogens (tertiary/aromatic N) is 6. The van der Waals surface area contributed by atoms with Crippen molar-refractivity contribution in [3.05, 3.63) is 24.4 Å². The summed E-state index contributed by atoms with van der Waals surface area (Å²) >= 11 is 1.29. The third kappa shape index (κ3) is 4.08. The number of nitrogens with two attached hydrogens (primary N) is 1. The number of nitrogens with one attached hydrogen (secondary N) is 1. The number of anilines is 4.